The van der Waals surface area contributed by atoms with Crippen molar-refractivity contribution < 1.29 is 13.2 Å². The van der Waals surface area contributed by atoms with Crippen LogP contribution in [0.1, 0.15) is 50.5 Å². The number of amides is 1. The van der Waals surface area contributed by atoms with Crippen LogP contribution in [-0.2, 0) is 21.2 Å². The number of aromatic nitrogens is 1. The van der Waals surface area contributed by atoms with E-state index < -0.39 is 15.6 Å². The minimum Gasteiger partial charge on any atom is -0.361 e. The zero-order chi connectivity index (χ0) is 21.5. The summed E-state index contributed by atoms with van der Waals surface area (Å²) in [6.45, 7) is 0.710. The number of carbonyl (C=O) groups excluding carboxylic acids is 1. The summed E-state index contributed by atoms with van der Waals surface area (Å²) in [6.07, 6.45) is 9.10. The molecular formula is C23H30N4O3S. The minimum absolute atomic E-state index is 0.0371. The molecule has 2 aromatic rings. The Morgan fingerprint density at radius 3 is 2.65 bits per heavy atom. The summed E-state index contributed by atoms with van der Waals surface area (Å²) in [5.74, 6) is 1.25. The smallest absolute Gasteiger partial charge is 0.253 e. The first-order valence-corrected chi connectivity index (χ1v) is 13.0. The van der Waals surface area contributed by atoms with Crippen LogP contribution >= 0.6 is 0 Å². The van der Waals surface area contributed by atoms with Crippen molar-refractivity contribution in [2.45, 2.75) is 56.9 Å². The first kappa shape index (κ1) is 20.7. The zero-order valence-corrected chi connectivity index (χ0v) is 18.6. The molecule has 5 rings (SSSR count). The van der Waals surface area contributed by atoms with E-state index in [1.165, 1.54) is 19.3 Å². The Balaban J connectivity index is 1.22. The monoisotopic (exact) mass is 442 g/mol. The van der Waals surface area contributed by atoms with Gasteiger partial charge in [0.2, 0.25) is 10.0 Å². The molecule has 2 aliphatic heterocycles. The topological polar surface area (TPSA) is 94.6 Å². The van der Waals surface area contributed by atoms with E-state index in [0.717, 1.165) is 35.1 Å². The van der Waals surface area contributed by atoms with Gasteiger partial charge in [-0.25, -0.2) is 12.7 Å². The summed E-state index contributed by atoms with van der Waals surface area (Å²) in [6, 6.07) is 8.00. The van der Waals surface area contributed by atoms with Crippen molar-refractivity contribution in [2.75, 3.05) is 18.8 Å². The number of rotatable bonds is 5. The van der Waals surface area contributed by atoms with Gasteiger partial charge in [0.25, 0.3) is 5.91 Å². The molecule has 3 heterocycles. The number of fused-ring (bicyclic) bond motifs is 1. The van der Waals surface area contributed by atoms with Gasteiger partial charge < -0.3 is 10.3 Å². The van der Waals surface area contributed by atoms with Crippen molar-refractivity contribution in [1.29, 1.82) is 0 Å². The number of aryl methyl sites for hydroxylation is 1. The van der Waals surface area contributed by atoms with Crippen LogP contribution in [0.15, 0.2) is 35.5 Å². The molecule has 8 heteroatoms. The molecule has 1 aliphatic carbocycles. The Hall–Kier alpha value is -2.19. The fourth-order valence-electron chi connectivity index (χ4n) is 5.22. The lowest BCUT2D eigenvalue weighted by Crippen LogP contribution is -2.51. The number of hydrogen-bond acceptors (Lipinski definition) is 4. The number of nitrogens with one attached hydrogen (secondary N) is 2. The molecule has 2 fully saturated rings. The second kappa shape index (κ2) is 8.06. The van der Waals surface area contributed by atoms with Gasteiger partial charge in [0.1, 0.15) is 11.4 Å². The second-order valence-corrected chi connectivity index (χ2v) is 11.3. The maximum Gasteiger partial charge on any atom is 0.253 e. The number of sulfonamides is 1. The number of aliphatic imine (C=N–C) groups is 1. The summed E-state index contributed by atoms with van der Waals surface area (Å²) in [5, 5.41) is 4.13. The van der Waals surface area contributed by atoms with Gasteiger partial charge in [-0.2, -0.15) is 0 Å². The number of benzene rings is 1. The van der Waals surface area contributed by atoms with Gasteiger partial charge >= 0.3 is 0 Å². The Labute approximate surface area is 183 Å². The largest absolute Gasteiger partial charge is 0.361 e. The van der Waals surface area contributed by atoms with E-state index in [-0.39, 0.29) is 11.7 Å². The van der Waals surface area contributed by atoms with Crippen molar-refractivity contribution in [2.24, 2.45) is 10.9 Å². The van der Waals surface area contributed by atoms with E-state index in [1.54, 1.807) is 4.31 Å². The number of amidine groups is 1. The first-order valence-electron chi connectivity index (χ1n) is 11.4. The van der Waals surface area contributed by atoms with Crippen molar-refractivity contribution in [3.05, 3.63) is 36.0 Å². The van der Waals surface area contributed by atoms with Crippen molar-refractivity contribution in [3.63, 3.8) is 0 Å². The molecule has 2 N–H and O–H groups in total. The highest BCUT2D eigenvalue weighted by Crippen LogP contribution is 2.34. The summed E-state index contributed by atoms with van der Waals surface area (Å²) in [4.78, 5) is 20.8. The zero-order valence-electron chi connectivity index (χ0n) is 17.8. The number of H-pyrrole nitrogens is 1. The van der Waals surface area contributed by atoms with Crippen LogP contribution in [0, 0.1) is 5.92 Å². The van der Waals surface area contributed by atoms with E-state index in [2.05, 4.69) is 10.3 Å². The van der Waals surface area contributed by atoms with Crippen molar-refractivity contribution >= 4 is 32.7 Å². The van der Waals surface area contributed by atoms with Gasteiger partial charge in [0.05, 0.1) is 5.75 Å². The molecular weight excluding hydrogens is 412 g/mol. The highest BCUT2D eigenvalue weighted by molar-refractivity contribution is 7.89. The average molecular weight is 443 g/mol. The van der Waals surface area contributed by atoms with Crippen molar-refractivity contribution in [1.82, 2.24) is 14.6 Å². The Bertz CT molecular complexity index is 1110. The summed E-state index contributed by atoms with van der Waals surface area (Å²) in [7, 11) is -3.37. The predicted octanol–water partition coefficient (Wildman–Crippen LogP) is 2.98. The summed E-state index contributed by atoms with van der Waals surface area (Å²) in [5.41, 5.74) is 1.30. The molecule has 1 aromatic carbocycles. The van der Waals surface area contributed by atoms with Gasteiger partial charge in [-0.05, 0) is 61.3 Å². The molecule has 1 spiro atoms. The number of nitrogens with zero attached hydrogens (tertiary/aromatic N) is 2. The standard InChI is InChI=1S/C23H30N4O3S/c28-22-23(26-21(25-22)18-4-2-1-3-5-18)10-13-27(14-11-23)31(29,30)15-9-17-6-7-20-19(16-17)8-12-24-20/h6-8,12,16,18,24H,1-5,9-11,13-15H2,(H,25,26,28). The molecule has 0 radical (unpaired) electrons. The van der Waals surface area contributed by atoms with Crippen LogP contribution < -0.4 is 5.32 Å². The van der Waals surface area contributed by atoms with Crippen LogP contribution in [-0.4, -0.2) is 53.8 Å². The number of carbonyl (C=O) groups is 1. The second-order valence-electron chi connectivity index (χ2n) is 9.18. The van der Waals surface area contributed by atoms with Gasteiger partial charge in [0, 0.05) is 30.7 Å². The molecule has 166 valence electrons. The molecule has 1 saturated heterocycles. The molecule has 7 nitrogen and oxygen atoms in total. The molecule has 0 atom stereocenters. The van der Waals surface area contributed by atoms with Gasteiger partial charge in [-0.15, -0.1) is 0 Å². The van der Waals surface area contributed by atoms with E-state index >= 15 is 0 Å². The Morgan fingerprint density at radius 2 is 1.87 bits per heavy atom. The van der Waals surface area contributed by atoms with E-state index in [0.29, 0.717) is 38.3 Å². The Kier molecular flexibility index (Phi) is 5.38. The fourth-order valence-corrected chi connectivity index (χ4v) is 6.71. The van der Waals surface area contributed by atoms with E-state index in [1.807, 2.05) is 30.5 Å². The lowest BCUT2D eigenvalue weighted by molar-refractivity contribution is -0.125. The first-order chi connectivity index (χ1) is 15.0. The predicted molar refractivity (Wildman–Crippen MR) is 121 cm³/mol. The van der Waals surface area contributed by atoms with Gasteiger partial charge in [-0.3, -0.25) is 9.79 Å². The third kappa shape index (κ3) is 4.03. The van der Waals surface area contributed by atoms with Gasteiger partial charge in [-0.1, -0.05) is 25.3 Å². The minimum atomic E-state index is -3.37. The highest BCUT2D eigenvalue weighted by Gasteiger charge is 2.48. The Morgan fingerprint density at radius 1 is 1.10 bits per heavy atom. The van der Waals surface area contributed by atoms with E-state index in [4.69, 9.17) is 4.99 Å². The maximum atomic E-state index is 13.0. The molecule has 0 unspecified atom stereocenters. The number of aromatic amines is 1. The highest BCUT2D eigenvalue weighted by atomic mass is 32.2. The molecule has 1 amide bonds. The van der Waals surface area contributed by atoms with Crippen LogP contribution in [0.2, 0.25) is 0 Å². The van der Waals surface area contributed by atoms with Gasteiger partial charge in [0.15, 0.2) is 0 Å². The van der Waals surface area contributed by atoms with Crippen LogP contribution in [0.25, 0.3) is 10.9 Å². The number of piperidine rings is 1. The lowest BCUT2D eigenvalue weighted by atomic mass is 9.88. The third-order valence-corrected chi connectivity index (χ3v) is 9.07. The normalized spacial score (nSPS) is 22.7. The average Bonchev–Trinajstić information content (AvgIpc) is 3.38. The third-order valence-electron chi connectivity index (χ3n) is 7.20. The van der Waals surface area contributed by atoms with Crippen LogP contribution in [0.4, 0.5) is 0 Å². The molecule has 31 heavy (non-hydrogen) atoms. The molecule has 3 aliphatic rings. The quantitative estimate of drug-likeness (QED) is 0.745. The summed E-state index contributed by atoms with van der Waals surface area (Å²) < 4.78 is 27.5. The lowest BCUT2D eigenvalue weighted by Gasteiger charge is -2.34. The molecule has 1 aromatic heterocycles. The summed E-state index contributed by atoms with van der Waals surface area (Å²) >= 11 is 0. The van der Waals surface area contributed by atoms with Crippen LogP contribution in [0.5, 0.6) is 0 Å². The van der Waals surface area contributed by atoms with Crippen LogP contribution in [0.3, 0.4) is 0 Å². The number of hydrogen-bond donors (Lipinski definition) is 2. The molecule has 1 saturated carbocycles. The SMILES string of the molecule is O=C1NC(C2CCCCC2)=NC12CCN(S(=O)(=O)CCc1ccc3[nH]ccc3c1)CC2. The van der Waals surface area contributed by atoms with E-state index in [9.17, 15) is 13.2 Å². The maximum absolute atomic E-state index is 13.0. The van der Waals surface area contributed by atoms with Crippen molar-refractivity contribution in [3.8, 4) is 0 Å². The molecule has 0 bridgehead atoms. The fraction of sp³-hybridized carbons (Fsp3) is 0.565.